The molecule has 1 N–H and O–H groups in total. The Kier molecular flexibility index (Phi) is 4.00. The van der Waals surface area contributed by atoms with Gasteiger partial charge in [-0.15, -0.1) is 0 Å². The molecule has 0 aromatic carbocycles. The second kappa shape index (κ2) is 5.28. The molecule has 2 saturated heterocycles. The van der Waals surface area contributed by atoms with Gasteiger partial charge in [-0.25, -0.2) is 0 Å². The lowest BCUT2D eigenvalue weighted by Crippen LogP contribution is -2.50. The Morgan fingerprint density at radius 1 is 1.13 bits per heavy atom. The van der Waals surface area contributed by atoms with Crippen molar-refractivity contribution in [3.8, 4) is 0 Å². The Balaban J connectivity index is 1.73. The van der Waals surface area contributed by atoms with Gasteiger partial charge in [0.15, 0.2) is 0 Å². The van der Waals surface area contributed by atoms with E-state index in [1.165, 1.54) is 32.4 Å². The maximum Gasteiger partial charge on any atom is 0.0643 e. The molecular weight excluding hydrogens is 188 g/mol. The minimum absolute atomic E-state index is 0.639. The topological polar surface area (TPSA) is 24.5 Å². The lowest BCUT2D eigenvalue weighted by atomic mass is 10.1. The number of rotatable bonds is 3. The van der Waals surface area contributed by atoms with E-state index in [-0.39, 0.29) is 0 Å². The highest BCUT2D eigenvalue weighted by Gasteiger charge is 2.24. The van der Waals surface area contributed by atoms with Gasteiger partial charge < -0.3 is 15.0 Å². The summed E-state index contributed by atoms with van der Waals surface area (Å²) in [6.45, 7) is 8.97. The quantitative estimate of drug-likeness (QED) is 0.762. The zero-order valence-corrected chi connectivity index (χ0v) is 10.0. The molecule has 0 bridgehead atoms. The van der Waals surface area contributed by atoms with Crippen LogP contribution in [-0.4, -0.2) is 49.3 Å². The molecule has 0 saturated carbocycles. The van der Waals surface area contributed by atoms with Crippen LogP contribution in [-0.2, 0) is 4.74 Å². The van der Waals surface area contributed by atoms with Gasteiger partial charge in [0.1, 0.15) is 0 Å². The second-order valence-corrected chi connectivity index (χ2v) is 5.16. The predicted octanol–water partition coefficient (Wildman–Crippen LogP) is 1.24. The number of hydrogen-bond acceptors (Lipinski definition) is 3. The first-order valence-electron chi connectivity index (χ1n) is 6.33. The van der Waals surface area contributed by atoms with Crippen LogP contribution in [0.3, 0.4) is 0 Å². The molecule has 3 heteroatoms. The zero-order valence-electron chi connectivity index (χ0n) is 10.0. The average Bonchev–Trinajstić information content (AvgIpc) is 2.36. The standard InChI is InChI=1S/C12H24N2O/c1-10(2)14-6-3-4-11(5-7-14)13-12-8-15-9-12/h10-13H,3-9H2,1-2H3. The number of nitrogens with zero attached hydrogens (tertiary/aromatic N) is 1. The molecule has 0 aromatic rings. The van der Waals surface area contributed by atoms with E-state index < -0.39 is 0 Å². The summed E-state index contributed by atoms with van der Waals surface area (Å²) in [5.41, 5.74) is 0. The van der Waals surface area contributed by atoms with Crippen molar-refractivity contribution in [2.45, 2.75) is 51.2 Å². The first-order valence-corrected chi connectivity index (χ1v) is 6.33. The Bertz CT molecular complexity index is 192. The minimum Gasteiger partial charge on any atom is -0.378 e. The number of hydrogen-bond donors (Lipinski definition) is 1. The summed E-state index contributed by atoms with van der Waals surface area (Å²) in [5, 5.41) is 3.70. The fourth-order valence-electron chi connectivity index (χ4n) is 2.47. The van der Waals surface area contributed by atoms with E-state index in [4.69, 9.17) is 4.74 Å². The summed E-state index contributed by atoms with van der Waals surface area (Å²) in [7, 11) is 0. The van der Waals surface area contributed by atoms with E-state index in [1.54, 1.807) is 0 Å². The molecule has 1 atom stereocenters. The van der Waals surface area contributed by atoms with Gasteiger partial charge in [-0.1, -0.05) is 0 Å². The molecule has 3 nitrogen and oxygen atoms in total. The van der Waals surface area contributed by atoms with Gasteiger partial charge in [-0.3, -0.25) is 0 Å². The Labute approximate surface area is 93.2 Å². The monoisotopic (exact) mass is 212 g/mol. The molecule has 2 fully saturated rings. The van der Waals surface area contributed by atoms with Gasteiger partial charge in [-0.05, 0) is 46.2 Å². The van der Waals surface area contributed by atoms with Crippen LogP contribution in [0.5, 0.6) is 0 Å². The van der Waals surface area contributed by atoms with Crippen molar-refractivity contribution in [1.29, 1.82) is 0 Å². The van der Waals surface area contributed by atoms with E-state index in [0.29, 0.717) is 12.1 Å². The third kappa shape index (κ3) is 3.16. The maximum atomic E-state index is 5.19. The summed E-state index contributed by atoms with van der Waals surface area (Å²) in [5.74, 6) is 0. The third-order valence-electron chi connectivity index (χ3n) is 3.60. The maximum absolute atomic E-state index is 5.19. The normalized spacial score (nSPS) is 30.2. The van der Waals surface area contributed by atoms with Gasteiger partial charge >= 0.3 is 0 Å². The molecule has 2 heterocycles. The van der Waals surface area contributed by atoms with Crippen molar-refractivity contribution in [2.24, 2.45) is 0 Å². The van der Waals surface area contributed by atoms with E-state index in [2.05, 4.69) is 24.1 Å². The Morgan fingerprint density at radius 2 is 1.93 bits per heavy atom. The van der Waals surface area contributed by atoms with Crippen molar-refractivity contribution in [3.05, 3.63) is 0 Å². The highest BCUT2D eigenvalue weighted by molar-refractivity contribution is 4.82. The molecule has 0 aliphatic carbocycles. The molecule has 0 radical (unpaired) electrons. The van der Waals surface area contributed by atoms with Crippen molar-refractivity contribution in [3.63, 3.8) is 0 Å². The number of ether oxygens (including phenoxy) is 1. The van der Waals surface area contributed by atoms with Crippen LogP contribution >= 0.6 is 0 Å². The van der Waals surface area contributed by atoms with Crippen LogP contribution in [0.25, 0.3) is 0 Å². The number of nitrogens with one attached hydrogen (secondary N) is 1. The van der Waals surface area contributed by atoms with E-state index >= 15 is 0 Å². The van der Waals surface area contributed by atoms with Crippen molar-refractivity contribution >= 4 is 0 Å². The first kappa shape index (κ1) is 11.4. The summed E-state index contributed by atoms with van der Waals surface area (Å²) in [6, 6.07) is 2.07. The smallest absolute Gasteiger partial charge is 0.0643 e. The van der Waals surface area contributed by atoms with Crippen molar-refractivity contribution in [1.82, 2.24) is 10.2 Å². The minimum atomic E-state index is 0.639. The fourth-order valence-corrected chi connectivity index (χ4v) is 2.47. The summed E-state index contributed by atoms with van der Waals surface area (Å²) in [6.07, 6.45) is 3.97. The van der Waals surface area contributed by atoms with Gasteiger partial charge in [0.2, 0.25) is 0 Å². The molecule has 88 valence electrons. The summed E-state index contributed by atoms with van der Waals surface area (Å²) < 4.78 is 5.19. The van der Waals surface area contributed by atoms with Gasteiger partial charge in [0.05, 0.1) is 19.3 Å². The molecule has 2 aliphatic rings. The summed E-state index contributed by atoms with van der Waals surface area (Å²) in [4.78, 5) is 2.60. The van der Waals surface area contributed by atoms with E-state index in [9.17, 15) is 0 Å². The first-order chi connectivity index (χ1) is 7.25. The molecule has 2 rings (SSSR count). The number of likely N-dealkylation sites (tertiary alicyclic amines) is 1. The molecule has 0 aromatic heterocycles. The SMILES string of the molecule is CC(C)N1CCCC(NC2COC2)CC1. The van der Waals surface area contributed by atoms with Crippen LogP contribution in [0, 0.1) is 0 Å². The molecule has 1 unspecified atom stereocenters. The molecule has 0 amide bonds. The second-order valence-electron chi connectivity index (χ2n) is 5.16. The van der Waals surface area contributed by atoms with Crippen LogP contribution in [0.15, 0.2) is 0 Å². The van der Waals surface area contributed by atoms with Crippen LogP contribution in [0.2, 0.25) is 0 Å². The predicted molar refractivity (Wildman–Crippen MR) is 62.1 cm³/mol. The Hall–Kier alpha value is -0.120. The molecular formula is C12H24N2O. The van der Waals surface area contributed by atoms with Crippen LogP contribution in [0.1, 0.15) is 33.1 Å². The van der Waals surface area contributed by atoms with Gasteiger partial charge in [-0.2, -0.15) is 0 Å². The molecule has 15 heavy (non-hydrogen) atoms. The van der Waals surface area contributed by atoms with Crippen molar-refractivity contribution < 1.29 is 4.74 Å². The highest BCUT2D eigenvalue weighted by Crippen LogP contribution is 2.15. The largest absolute Gasteiger partial charge is 0.378 e. The van der Waals surface area contributed by atoms with Gasteiger partial charge in [0.25, 0.3) is 0 Å². The van der Waals surface area contributed by atoms with Crippen LogP contribution in [0.4, 0.5) is 0 Å². The van der Waals surface area contributed by atoms with E-state index in [1.807, 2.05) is 0 Å². The van der Waals surface area contributed by atoms with Crippen molar-refractivity contribution in [2.75, 3.05) is 26.3 Å². The van der Waals surface area contributed by atoms with Gasteiger partial charge in [0, 0.05) is 12.1 Å². The zero-order chi connectivity index (χ0) is 10.7. The average molecular weight is 212 g/mol. The molecule has 2 aliphatic heterocycles. The van der Waals surface area contributed by atoms with Crippen LogP contribution < -0.4 is 5.32 Å². The third-order valence-corrected chi connectivity index (χ3v) is 3.60. The lowest BCUT2D eigenvalue weighted by Gasteiger charge is -2.31. The highest BCUT2D eigenvalue weighted by atomic mass is 16.5. The lowest BCUT2D eigenvalue weighted by molar-refractivity contribution is -0.0107. The summed E-state index contributed by atoms with van der Waals surface area (Å²) >= 11 is 0. The Morgan fingerprint density at radius 3 is 2.53 bits per heavy atom. The fraction of sp³-hybridized carbons (Fsp3) is 1.00. The molecule has 0 spiro atoms. The van der Waals surface area contributed by atoms with E-state index in [0.717, 1.165) is 19.3 Å².